The zero-order valence-electron chi connectivity index (χ0n) is 12.0. The quantitative estimate of drug-likeness (QED) is 0.618. The molecule has 1 aromatic carbocycles. The third-order valence-corrected chi connectivity index (χ3v) is 3.57. The average molecular weight is 306 g/mol. The Labute approximate surface area is 127 Å². The van der Waals surface area contributed by atoms with Gasteiger partial charge in [-0.05, 0) is 48.7 Å². The Balaban J connectivity index is 2.04. The smallest absolute Gasteiger partial charge is 0.311 e. The molecule has 0 aliphatic heterocycles. The van der Waals surface area contributed by atoms with Crippen LogP contribution in [0.2, 0.25) is 0 Å². The largest absolute Gasteiger partial charge is 0.484 e. The van der Waals surface area contributed by atoms with Crippen molar-refractivity contribution < 1.29 is 9.66 Å². The van der Waals surface area contributed by atoms with Crippen LogP contribution in [0, 0.1) is 10.1 Å². The summed E-state index contributed by atoms with van der Waals surface area (Å²) in [5.74, 6) is 0.301. The second kappa shape index (κ2) is 7.08. The first-order valence-electron chi connectivity index (χ1n) is 6.76. The van der Waals surface area contributed by atoms with Crippen LogP contribution < -0.4 is 10.1 Å². The molecule has 0 aliphatic carbocycles. The Morgan fingerprint density at radius 3 is 2.81 bits per heavy atom. The van der Waals surface area contributed by atoms with Crippen LogP contribution in [0.5, 0.6) is 5.75 Å². The van der Waals surface area contributed by atoms with Gasteiger partial charge in [0.2, 0.25) is 0 Å². The van der Waals surface area contributed by atoms with E-state index in [1.54, 1.807) is 23.5 Å². The molecule has 0 fully saturated rings. The van der Waals surface area contributed by atoms with Crippen molar-refractivity contribution in [3.8, 4) is 5.75 Å². The van der Waals surface area contributed by atoms with Gasteiger partial charge in [-0.15, -0.1) is 0 Å². The molecule has 2 aromatic rings. The molecule has 0 radical (unpaired) electrons. The van der Waals surface area contributed by atoms with Crippen molar-refractivity contribution in [3.05, 3.63) is 50.7 Å². The Kier molecular flexibility index (Phi) is 5.16. The molecule has 0 saturated heterocycles. The summed E-state index contributed by atoms with van der Waals surface area (Å²) in [5.41, 5.74) is 2.10. The number of anilines is 1. The van der Waals surface area contributed by atoms with E-state index in [1.165, 1.54) is 11.6 Å². The average Bonchev–Trinajstić information content (AvgIpc) is 2.91. The standard InChI is InChI=1S/C15H18N2O3S/c1-11(2)20-15-9-13(3-4-14(15)17(18)19)16-7-5-12-6-8-21-10-12/h3-4,6,8-11,16H,5,7H2,1-2H3. The SMILES string of the molecule is CC(C)Oc1cc(NCCc2ccsc2)ccc1[N+](=O)[O-]. The van der Waals surface area contributed by atoms with E-state index >= 15 is 0 Å². The van der Waals surface area contributed by atoms with Crippen LogP contribution in [0.25, 0.3) is 0 Å². The Bertz CT molecular complexity index is 597. The lowest BCUT2D eigenvalue weighted by atomic mass is 10.2. The third kappa shape index (κ3) is 4.46. The van der Waals surface area contributed by atoms with Crippen LogP contribution in [0.4, 0.5) is 11.4 Å². The number of hydrogen-bond acceptors (Lipinski definition) is 5. The summed E-state index contributed by atoms with van der Waals surface area (Å²) in [6.07, 6.45) is 0.811. The molecule has 0 saturated carbocycles. The second-order valence-corrected chi connectivity index (χ2v) is 5.69. The van der Waals surface area contributed by atoms with Crippen molar-refractivity contribution in [2.24, 2.45) is 0 Å². The molecule has 0 amide bonds. The number of ether oxygens (including phenoxy) is 1. The van der Waals surface area contributed by atoms with E-state index in [2.05, 4.69) is 22.1 Å². The first-order chi connectivity index (χ1) is 10.1. The number of nitrogens with one attached hydrogen (secondary N) is 1. The van der Waals surface area contributed by atoms with Gasteiger partial charge in [-0.1, -0.05) is 0 Å². The summed E-state index contributed by atoms with van der Waals surface area (Å²) in [4.78, 5) is 10.6. The Morgan fingerprint density at radius 1 is 1.38 bits per heavy atom. The molecule has 2 rings (SSSR count). The fraction of sp³-hybridized carbons (Fsp3) is 0.333. The summed E-state index contributed by atoms with van der Waals surface area (Å²) in [6.45, 7) is 4.47. The van der Waals surface area contributed by atoms with Gasteiger partial charge in [-0.2, -0.15) is 11.3 Å². The fourth-order valence-corrected chi connectivity index (χ4v) is 2.61. The van der Waals surface area contributed by atoms with E-state index in [0.717, 1.165) is 18.7 Å². The molecule has 1 heterocycles. The topological polar surface area (TPSA) is 64.4 Å². The predicted molar refractivity (Wildman–Crippen MR) is 85.4 cm³/mol. The zero-order chi connectivity index (χ0) is 15.2. The molecule has 0 spiro atoms. The minimum atomic E-state index is -0.424. The summed E-state index contributed by atoms with van der Waals surface area (Å²) in [6, 6.07) is 6.96. The summed E-state index contributed by atoms with van der Waals surface area (Å²) in [5, 5.41) is 18.4. The maximum Gasteiger partial charge on any atom is 0.311 e. The molecular formula is C15H18N2O3S. The highest BCUT2D eigenvalue weighted by atomic mass is 32.1. The number of thiophene rings is 1. The highest BCUT2D eigenvalue weighted by Gasteiger charge is 2.16. The van der Waals surface area contributed by atoms with Crippen molar-refractivity contribution in [1.29, 1.82) is 0 Å². The maximum atomic E-state index is 11.0. The van der Waals surface area contributed by atoms with Gasteiger partial charge in [0.1, 0.15) is 0 Å². The second-order valence-electron chi connectivity index (χ2n) is 4.91. The molecule has 0 aliphatic rings. The fourth-order valence-electron chi connectivity index (χ4n) is 1.91. The van der Waals surface area contributed by atoms with E-state index < -0.39 is 4.92 Å². The zero-order valence-corrected chi connectivity index (χ0v) is 12.9. The molecule has 1 aromatic heterocycles. The molecule has 5 nitrogen and oxygen atoms in total. The van der Waals surface area contributed by atoms with E-state index in [9.17, 15) is 10.1 Å². The summed E-state index contributed by atoms with van der Waals surface area (Å²) >= 11 is 1.68. The first-order valence-corrected chi connectivity index (χ1v) is 7.70. The van der Waals surface area contributed by atoms with E-state index in [4.69, 9.17) is 4.74 Å². The van der Waals surface area contributed by atoms with Gasteiger partial charge in [-0.25, -0.2) is 0 Å². The Morgan fingerprint density at radius 2 is 2.19 bits per heavy atom. The normalized spacial score (nSPS) is 10.6. The van der Waals surface area contributed by atoms with Crippen molar-refractivity contribution in [3.63, 3.8) is 0 Å². The van der Waals surface area contributed by atoms with Crippen molar-refractivity contribution in [2.75, 3.05) is 11.9 Å². The lowest BCUT2D eigenvalue weighted by Crippen LogP contribution is -2.09. The number of nitrogens with zero attached hydrogens (tertiary/aromatic N) is 1. The van der Waals surface area contributed by atoms with Gasteiger partial charge in [0.25, 0.3) is 0 Å². The lowest BCUT2D eigenvalue weighted by Gasteiger charge is -2.12. The number of nitro benzene ring substituents is 1. The van der Waals surface area contributed by atoms with Crippen LogP contribution in [0.3, 0.4) is 0 Å². The van der Waals surface area contributed by atoms with Crippen molar-refractivity contribution >= 4 is 22.7 Å². The highest BCUT2D eigenvalue weighted by molar-refractivity contribution is 7.07. The molecular weight excluding hydrogens is 288 g/mol. The molecule has 1 N–H and O–H groups in total. The molecule has 0 unspecified atom stereocenters. The van der Waals surface area contributed by atoms with Gasteiger partial charge in [-0.3, -0.25) is 10.1 Å². The minimum absolute atomic E-state index is 0.00733. The maximum absolute atomic E-state index is 11.0. The number of benzene rings is 1. The van der Waals surface area contributed by atoms with Crippen LogP contribution in [-0.4, -0.2) is 17.6 Å². The van der Waals surface area contributed by atoms with Gasteiger partial charge < -0.3 is 10.1 Å². The molecule has 21 heavy (non-hydrogen) atoms. The summed E-state index contributed by atoms with van der Waals surface area (Å²) in [7, 11) is 0. The van der Waals surface area contributed by atoms with Crippen LogP contribution in [0.15, 0.2) is 35.0 Å². The lowest BCUT2D eigenvalue weighted by molar-refractivity contribution is -0.386. The highest BCUT2D eigenvalue weighted by Crippen LogP contribution is 2.30. The van der Waals surface area contributed by atoms with Crippen molar-refractivity contribution in [1.82, 2.24) is 0 Å². The first kappa shape index (κ1) is 15.3. The molecule has 112 valence electrons. The number of nitro groups is 1. The van der Waals surface area contributed by atoms with Crippen LogP contribution in [-0.2, 0) is 6.42 Å². The van der Waals surface area contributed by atoms with Gasteiger partial charge in [0.05, 0.1) is 11.0 Å². The van der Waals surface area contributed by atoms with Crippen LogP contribution >= 0.6 is 11.3 Å². The van der Waals surface area contributed by atoms with Crippen molar-refractivity contribution in [2.45, 2.75) is 26.4 Å². The van der Waals surface area contributed by atoms with Gasteiger partial charge in [0, 0.05) is 24.4 Å². The minimum Gasteiger partial charge on any atom is -0.484 e. The van der Waals surface area contributed by atoms with E-state index in [0.29, 0.717) is 5.75 Å². The molecule has 0 bridgehead atoms. The van der Waals surface area contributed by atoms with E-state index in [-0.39, 0.29) is 11.8 Å². The number of rotatable bonds is 7. The molecule has 6 heteroatoms. The van der Waals surface area contributed by atoms with Gasteiger partial charge in [0.15, 0.2) is 5.75 Å². The third-order valence-electron chi connectivity index (χ3n) is 2.84. The van der Waals surface area contributed by atoms with E-state index in [1.807, 2.05) is 13.8 Å². The predicted octanol–water partition coefficient (Wildman–Crippen LogP) is 4.10. The number of hydrogen-bond donors (Lipinski definition) is 1. The monoisotopic (exact) mass is 306 g/mol. The van der Waals surface area contributed by atoms with Crippen LogP contribution in [0.1, 0.15) is 19.4 Å². The van der Waals surface area contributed by atoms with Gasteiger partial charge >= 0.3 is 5.69 Å². The molecule has 0 atom stereocenters. The summed E-state index contributed by atoms with van der Waals surface area (Å²) < 4.78 is 5.52. The Hall–Kier alpha value is -2.08.